The molecule has 4 rings (SSSR count). The molecule has 2 N–H and O–H groups in total. The predicted molar refractivity (Wildman–Crippen MR) is 110 cm³/mol. The van der Waals surface area contributed by atoms with Crippen LogP contribution in [-0.4, -0.2) is 31.7 Å². The molecular weight excluding hydrogens is 372 g/mol. The average Bonchev–Trinajstić information content (AvgIpc) is 3.28. The molecule has 0 amide bonds. The number of H-pyrrole nitrogens is 2. The van der Waals surface area contributed by atoms with Crippen LogP contribution < -0.4 is 4.74 Å². The first-order chi connectivity index (χ1) is 13.6. The first kappa shape index (κ1) is 18.3. The van der Waals surface area contributed by atoms with Crippen LogP contribution in [0.1, 0.15) is 27.4 Å². The SMILES string of the molecule is Cc1ccccc1OCc1nc(SCC(=O)c2c(C)[nH]c3ccccc23)n[nH]1. The maximum Gasteiger partial charge on any atom is 0.208 e. The number of rotatable bonds is 7. The second-order valence-electron chi connectivity index (χ2n) is 6.50. The molecule has 0 spiro atoms. The second-order valence-corrected chi connectivity index (χ2v) is 7.44. The summed E-state index contributed by atoms with van der Waals surface area (Å²) in [7, 11) is 0. The molecule has 0 atom stereocenters. The summed E-state index contributed by atoms with van der Waals surface area (Å²) in [4.78, 5) is 20.4. The van der Waals surface area contributed by atoms with Gasteiger partial charge in [0.1, 0.15) is 12.4 Å². The Kier molecular flexibility index (Phi) is 5.16. The molecule has 0 unspecified atom stereocenters. The highest BCUT2D eigenvalue weighted by Crippen LogP contribution is 2.25. The number of ketones is 1. The second kappa shape index (κ2) is 7.90. The van der Waals surface area contributed by atoms with Crippen molar-refractivity contribution in [2.24, 2.45) is 0 Å². The molecule has 0 bridgehead atoms. The topological polar surface area (TPSA) is 83.7 Å². The fraction of sp³-hybridized carbons (Fsp3) is 0.190. The number of aryl methyl sites for hydroxylation is 2. The van der Waals surface area contributed by atoms with E-state index in [2.05, 4.69) is 20.2 Å². The van der Waals surface area contributed by atoms with Crippen LogP contribution in [0.15, 0.2) is 53.7 Å². The van der Waals surface area contributed by atoms with Crippen molar-refractivity contribution in [2.75, 3.05) is 5.75 Å². The predicted octanol–water partition coefficient (Wildman–Crippen LogP) is 4.46. The van der Waals surface area contributed by atoms with Crippen LogP contribution in [0, 0.1) is 13.8 Å². The van der Waals surface area contributed by atoms with Gasteiger partial charge in [0.2, 0.25) is 5.16 Å². The summed E-state index contributed by atoms with van der Waals surface area (Å²) in [5.41, 5.74) is 3.66. The molecule has 6 nitrogen and oxygen atoms in total. The lowest BCUT2D eigenvalue weighted by Crippen LogP contribution is -2.04. The summed E-state index contributed by atoms with van der Waals surface area (Å²) in [5, 5.41) is 8.53. The fourth-order valence-electron chi connectivity index (χ4n) is 3.11. The molecule has 0 aliphatic carbocycles. The minimum atomic E-state index is 0.0578. The van der Waals surface area contributed by atoms with Crippen LogP contribution in [0.5, 0.6) is 5.75 Å². The Morgan fingerprint density at radius 1 is 1.11 bits per heavy atom. The van der Waals surface area contributed by atoms with Crippen molar-refractivity contribution in [2.45, 2.75) is 25.6 Å². The minimum absolute atomic E-state index is 0.0578. The van der Waals surface area contributed by atoms with E-state index in [0.29, 0.717) is 17.6 Å². The molecule has 4 aromatic rings. The highest BCUT2D eigenvalue weighted by atomic mass is 32.2. The summed E-state index contributed by atoms with van der Waals surface area (Å²) in [6.07, 6.45) is 0. The van der Waals surface area contributed by atoms with Crippen molar-refractivity contribution in [3.63, 3.8) is 0 Å². The maximum absolute atomic E-state index is 12.7. The molecule has 142 valence electrons. The van der Waals surface area contributed by atoms with Gasteiger partial charge >= 0.3 is 0 Å². The molecule has 28 heavy (non-hydrogen) atoms. The van der Waals surface area contributed by atoms with E-state index < -0.39 is 0 Å². The number of ether oxygens (including phenoxy) is 1. The third-order valence-electron chi connectivity index (χ3n) is 4.47. The van der Waals surface area contributed by atoms with E-state index in [-0.39, 0.29) is 11.5 Å². The summed E-state index contributed by atoms with van der Waals surface area (Å²) in [5.74, 6) is 1.78. The van der Waals surface area contributed by atoms with E-state index >= 15 is 0 Å². The number of Topliss-reactive ketones (excluding diaryl/α,β-unsaturated/α-hetero) is 1. The Bertz CT molecular complexity index is 1130. The minimum Gasteiger partial charge on any atom is -0.485 e. The van der Waals surface area contributed by atoms with Gasteiger partial charge in [-0.3, -0.25) is 9.89 Å². The normalized spacial score (nSPS) is 11.1. The lowest BCUT2D eigenvalue weighted by molar-refractivity contribution is 0.102. The van der Waals surface area contributed by atoms with Gasteiger partial charge in [-0.05, 0) is 31.5 Å². The molecule has 0 aliphatic heterocycles. The van der Waals surface area contributed by atoms with Gasteiger partial charge in [-0.1, -0.05) is 48.2 Å². The Morgan fingerprint density at radius 2 is 1.89 bits per heavy atom. The molecular formula is C21H20N4O2S. The number of aromatic nitrogens is 4. The Balaban J connectivity index is 1.38. The van der Waals surface area contributed by atoms with Gasteiger partial charge in [-0.2, -0.15) is 0 Å². The Morgan fingerprint density at radius 3 is 2.75 bits per heavy atom. The number of fused-ring (bicyclic) bond motifs is 1. The van der Waals surface area contributed by atoms with Crippen LogP contribution in [0.2, 0.25) is 0 Å². The Labute approximate surface area is 166 Å². The summed E-state index contributed by atoms with van der Waals surface area (Å²) < 4.78 is 5.77. The third kappa shape index (κ3) is 3.80. The molecule has 0 saturated heterocycles. The van der Waals surface area contributed by atoms with E-state index in [1.54, 1.807) is 0 Å². The maximum atomic E-state index is 12.7. The molecule has 2 aromatic heterocycles. The van der Waals surface area contributed by atoms with Crippen LogP contribution >= 0.6 is 11.8 Å². The van der Waals surface area contributed by atoms with Crippen molar-refractivity contribution in [3.8, 4) is 5.75 Å². The van der Waals surface area contributed by atoms with E-state index in [0.717, 1.165) is 33.5 Å². The number of nitrogens with zero attached hydrogens (tertiary/aromatic N) is 2. The van der Waals surface area contributed by atoms with E-state index in [9.17, 15) is 4.79 Å². The quantitative estimate of drug-likeness (QED) is 0.358. The monoisotopic (exact) mass is 392 g/mol. The van der Waals surface area contributed by atoms with Gasteiger partial charge < -0.3 is 9.72 Å². The highest BCUT2D eigenvalue weighted by molar-refractivity contribution is 7.99. The molecule has 0 aliphatic rings. The number of benzene rings is 2. The standard InChI is InChI=1S/C21H20N4O2S/c1-13-7-3-6-10-18(13)27-11-19-23-21(25-24-19)28-12-17(26)20-14(2)22-16-9-5-4-8-15(16)20/h3-10,22H,11-12H2,1-2H3,(H,23,24,25). The number of aromatic amines is 2. The summed E-state index contributed by atoms with van der Waals surface area (Å²) >= 11 is 1.32. The van der Waals surface area contributed by atoms with Crippen LogP contribution in [0.4, 0.5) is 0 Å². The first-order valence-corrected chi connectivity index (χ1v) is 9.93. The number of nitrogens with one attached hydrogen (secondary N) is 2. The zero-order chi connectivity index (χ0) is 19.5. The highest BCUT2D eigenvalue weighted by Gasteiger charge is 2.17. The van der Waals surface area contributed by atoms with Gasteiger partial charge in [-0.15, -0.1) is 5.10 Å². The van der Waals surface area contributed by atoms with Gasteiger partial charge in [0.15, 0.2) is 11.6 Å². The number of carbonyl (C=O) groups excluding carboxylic acids is 1. The van der Waals surface area contributed by atoms with Gasteiger partial charge in [0.05, 0.1) is 5.75 Å². The molecule has 0 radical (unpaired) electrons. The molecule has 0 saturated carbocycles. The van der Waals surface area contributed by atoms with Crippen LogP contribution in [0.25, 0.3) is 10.9 Å². The molecule has 2 aromatic carbocycles. The average molecular weight is 392 g/mol. The number of carbonyl (C=O) groups is 1. The zero-order valence-electron chi connectivity index (χ0n) is 15.7. The summed E-state index contributed by atoms with van der Waals surface area (Å²) in [6.45, 7) is 4.22. The fourth-order valence-corrected chi connectivity index (χ4v) is 3.80. The van der Waals surface area contributed by atoms with Crippen LogP contribution in [-0.2, 0) is 6.61 Å². The van der Waals surface area contributed by atoms with Crippen LogP contribution in [0.3, 0.4) is 0 Å². The van der Waals surface area contributed by atoms with E-state index in [1.165, 1.54) is 11.8 Å². The van der Waals surface area contributed by atoms with E-state index in [4.69, 9.17) is 4.74 Å². The van der Waals surface area contributed by atoms with Crippen molar-refractivity contribution >= 4 is 28.4 Å². The largest absolute Gasteiger partial charge is 0.485 e. The lowest BCUT2D eigenvalue weighted by Gasteiger charge is -2.06. The molecule has 0 fully saturated rings. The number of para-hydroxylation sites is 2. The van der Waals surface area contributed by atoms with Crippen molar-refractivity contribution < 1.29 is 9.53 Å². The lowest BCUT2D eigenvalue weighted by atomic mass is 10.1. The van der Waals surface area contributed by atoms with E-state index in [1.807, 2.05) is 62.4 Å². The van der Waals surface area contributed by atoms with Crippen molar-refractivity contribution in [3.05, 3.63) is 71.2 Å². The number of thioether (sulfide) groups is 1. The molecule has 7 heteroatoms. The summed E-state index contributed by atoms with van der Waals surface area (Å²) in [6, 6.07) is 15.6. The third-order valence-corrected chi connectivity index (χ3v) is 5.32. The molecule has 2 heterocycles. The number of hydrogen-bond acceptors (Lipinski definition) is 5. The Hall–Kier alpha value is -3.06. The van der Waals surface area contributed by atoms with Gasteiger partial charge in [0, 0.05) is 22.2 Å². The van der Waals surface area contributed by atoms with Gasteiger partial charge in [-0.25, -0.2) is 4.98 Å². The van der Waals surface area contributed by atoms with Gasteiger partial charge in [0.25, 0.3) is 0 Å². The smallest absolute Gasteiger partial charge is 0.208 e. The number of hydrogen-bond donors (Lipinski definition) is 2. The van der Waals surface area contributed by atoms with Crippen molar-refractivity contribution in [1.82, 2.24) is 20.2 Å². The zero-order valence-corrected chi connectivity index (χ0v) is 16.5. The van der Waals surface area contributed by atoms with Crippen molar-refractivity contribution in [1.29, 1.82) is 0 Å². The first-order valence-electron chi connectivity index (χ1n) is 8.95.